The van der Waals surface area contributed by atoms with Crippen LogP contribution in [0, 0.1) is 6.92 Å². The SMILES string of the molecule is COC(C)(C)c1ccc(Br)c(C)c1. The molecule has 1 aromatic carbocycles. The molecule has 0 spiro atoms. The molecule has 0 saturated carbocycles. The number of hydrogen-bond donors (Lipinski definition) is 0. The van der Waals surface area contributed by atoms with E-state index < -0.39 is 0 Å². The topological polar surface area (TPSA) is 9.23 Å². The molecule has 1 rings (SSSR count). The van der Waals surface area contributed by atoms with Crippen LogP contribution >= 0.6 is 15.9 Å². The molecule has 0 aliphatic carbocycles. The Morgan fingerprint density at radius 3 is 2.38 bits per heavy atom. The van der Waals surface area contributed by atoms with Gasteiger partial charge in [-0.25, -0.2) is 0 Å². The minimum Gasteiger partial charge on any atom is -0.374 e. The Hall–Kier alpha value is -0.340. The highest BCUT2D eigenvalue weighted by molar-refractivity contribution is 9.10. The van der Waals surface area contributed by atoms with Crippen LogP contribution in [0.25, 0.3) is 0 Å². The summed E-state index contributed by atoms with van der Waals surface area (Å²) in [5.41, 5.74) is 2.24. The van der Waals surface area contributed by atoms with E-state index in [1.807, 2.05) is 0 Å². The molecule has 0 atom stereocenters. The molecule has 1 nitrogen and oxygen atoms in total. The fourth-order valence-electron chi connectivity index (χ4n) is 1.14. The maximum absolute atomic E-state index is 5.40. The van der Waals surface area contributed by atoms with Crippen molar-refractivity contribution in [3.63, 3.8) is 0 Å². The van der Waals surface area contributed by atoms with Crippen molar-refractivity contribution >= 4 is 15.9 Å². The molecule has 0 amide bonds. The van der Waals surface area contributed by atoms with Crippen LogP contribution < -0.4 is 0 Å². The molecule has 0 unspecified atom stereocenters. The minimum atomic E-state index is -0.203. The molecular weight excluding hydrogens is 228 g/mol. The molecule has 2 heteroatoms. The first-order chi connectivity index (χ1) is 5.97. The maximum atomic E-state index is 5.40. The van der Waals surface area contributed by atoms with Gasteiger partial charge in [0.05, 0.1) is 5.60 Å². The summed E-state index contributed by atoms with van der Waals surface area (Å²) in [5.74, 6) is 0. The van der Waals surface area contributed by atoms with Gasteiger partial charge >= 0.3 is 0 Å². The van der Waals surface area contributed by atoms with E-state index in [0.29, 0.717) is 0 Å². The van der Waals surface area contributed by atoms with E-state index in [0.717, 1.165) is 4.47 Å². The highest BCUT2D eigenvalue weighted by Crippen LogP contribution is 2.27. The molecule has 0 fully saturated rings. The number of ether oxygens (including phenoxy) is 1. The zero-order valence-corrected chi connectivity index (χ0v) is 10.1. The van der Waals surface area contributed by atoms with Crippen molar-refractivity contribution in [2.24, 2.45) is 0 Å². The Balaban J connectivity index is 3.10. The second kappa shape index (κ2) is 3.81. The second-order valence-electron chi connectivity index (χ2n) is 3.68. The van der Waals surface area contributed by atoms with Gasteiger partial charge in [-0.2, -0.15) is 0 Å². The van der Waals surface area contributed by atoms with Crippen molar-refractivity contribution in [1.82, 2.24) is 0 Å². The van der Waals surface area contributed by atoms with Crippen molar-refractivity contribution in [2.75, 3.05) is 7.11 Å². The first-order valence-electron chi connectivity index (χ1n) is 4.29. The van der Waals surface area contributed by atoms with Gasteiger partial charge in [-0.1, -0.05) is 28.1 Å². The molecule has 13 heavy (non-hydrogen) atoms. The highest BCUT2D eigenvalue weighted by Gasteiger charge is 2.19. The molecule has 0 aliphatic heterocycles. The van der Waals surface area contributed by atoms with Gasteiger partial charge in [0.15, 0.2) is 0 Å². The largest absolute Gasteiger partial charge is 0.374 e. The lowest BCUT2D eigenvalue weighted by molar-refractivity contribution is 0.0192. The van der Waals surface area contributed by atoms with Crippen LogP contribution in [0.2, 0.25) is 0 Å². The summed E-state index contributed by atoms with van der Waals surface area (Å²) in [4.78, 5) is 0. The van der Waals surface area contributed by atoms with Crippen molar-refractivity contribution < 1.29 is 4.74 Å². The van der Waals surface area contributed by atoms with E-state index >= 15 is 0 Å². The van der Waals surface area contributed by atoms with Gasteiger partial charge in [-0.05, 0) is 38.0 Å². The molecule has 0 bridgehead atoms. The fourth-order valence-corrected chi connectivity index (χ4v) is 1.38. The number of benzene rings is 1. The minimum absolute atomic E-state index is 0.203. The lowest BCUT2D eigenvalue weighted by Gasteiger charge is -2.24. The summed E-state index contributed by atoms with van der Waals surface area (Å²) in [6, 6.07) is 6.29. The zero-order chi connectivity index (χ0) is 10.1. The first kappa shape index (κ1) is 10.7. The van der Waals surface area contributed by atoms with Crippen molar-refractivity contribution in [3.8, 4) is 0 Å². The molecule has 0 aromatic heterocycles. The lowest BCUT2D eigenvalue weighted by Crippen LogP contribution is -2.19. The molecule has 0 saturated heterocycles. The summed E-state index contributed by atoms with van der Waals surface area (Å²) in [6.07, 6.45) is 0. The van der Waals surface area contributed by atoms with Gasteiger partial charge in [0, 0.05) is 11.6 Å². The van der Waals surface area contributed by atoms with Gasteiger partial charge in [-0.3, -0.25) is 0 Å². The number of aryl methyl sites for hydroxylation is 1. The Morgan fingerprint density at radius 1 is 1.31 bits per heavy atom. The molecule has 0 radical (unpaired) electrons. The van der Waals surface area contributed by atoms with Gasteiger partial charge in [-0.15, -0.1) is 0 Å². The first-order valence-corrected chi connectivity index (χ1v) is 5.08. The zero-order valence-electron chi connectivity index (χ0n) is 8.52. The van der Waals surface area contributed by atoms with E-state index in [1.54, 1.807) is 7.11 Å². The third-order valence-electron chi connectivity index (χ3n) is 2.36. The molecule has 1 aromatic rings. The van der Waals surface area contributed by atoms with Crippen molar-refractivity contribution in [2.45, 2.75) is 26.4 Å². The van der Waals surface area contributed by atoms with Gasteiger partial charge in [0.2, 0.25) is 0 Å². The molecule has 72 valence electrons. The summed E-state index contributed by atoms with van der Waals surface area (Å²) in [7, 11) is 1.73. The average molecular weight is 243 g/mol. The van der Waals surface area contributed by atoms with Crippen LogP contribution in [0.1, 0.15) is 25.0 Å². The van der Waals surface area contributed by atoms with Crippen LogP contribution in [0.3, 0.4) is 0 Å². The smallest absolute Gasteiger partial charge is 0.0871 e. The number of rotatable bonds is 2. The number of methoxy groups -OCH3 is 1. The van der Waals surface area contributed by atoms with Crippen molar-refractivity contribution in [1.29, 1.82) is 0 Å². The average Bonchev–Trinajstić information content (AvgIpc) is 2.09. The van der Waals surface area contributed by atoms with Crippen LogP contribution in [0.4, 0.5) is 0 Å². The normalized spacial score (nSPS) is 11.8. The van der Waals surface area contributed by atoms with E-state index in [4.69, 9.17) is 4.74 Å². The fraction of sp³-hybridized carbons (Fsp3) is 0.455. The predicted octanol–water partition coefficient (Wildman–Crippen LogP) is 3.64. The molecular formula is C11H15BrO. The monoisotopic (exact) mass is 242 g/mol. The Bertz CT molecular complexity index is 305. The Labute approximate surface area is 88.2 Å². The van der Waals surface area contributed by atoms with Gasteiger partial charge < -0.3 is 4.74 Å². The van der Waals surface area contributed by atoms with Crippen LogP contribution in [-0.2, 0) is 10.3 Å². The summed E-state index contributed by atoms with van der Waals surface area (Å²) in [6.45, 7) is 6.21. The summed E-state index contributed by atoms with van der Waals surface area (Å²) < 4.78 is 6.55. The Kier molecular flexibility index (Phi) is 3.14. The maximum Gasteiger partial charge on any atom is 0.0871 e. The quantitative estimate of drug-likeness (QED) is 0.770. The second-order valence-corrected chi connectivity index (χ2v) is 4.53. The predicted molar refractivity (Wildman–Crippen MR) is 58.9 cm³/mol. The molecule has 0 heterocycles. The van der Waals surface area contributed by atoms with Crippen LogP contribution in [0.5, 0.6) is 0 Å². The Morgan fingerprint density at radius 2 is 1.92 bits per heavy atom. The lowest BCUT2D eigenvalue weighted by atomic mass is 9.97. The third-order valence-corrected chi connectivity index (χ3v) is 3.25. The van der Waals surface area contributed by atoms with Gasteiger partial charge in [0.25, 0.3) is 0 Å². The van der Waals surface area contributed by atoms with Crippen LogP contribution in [0.15, 0.2) is 22.7 Å². The van der Waals surface area contributed by atoms with E-state index in [-0.39, 0.29) is 5.60 Å². The number of halogens is 1. The molecule has 0 aliphatic rings. The summed E-state index contributed by atoms with van der Waals surface area (Å²) in [5, 5.41) is 0. The van der Waals surface area contributed by atoms with E-state index in [9.17, 15) is 0 Å². The molecule has 0 N–H and O–H groups in total. The van der Waals surface area contributed by atoms with E-state index in [1.165, 1.54) is 11.1 Å². The highest BCUT2D eigenvalue weighted by atomic mass is 79.9. The number of hydrogen-bond acceptors (Lipinski definition) is 1. The summed E-state index contributed by atoms with van der Waals surface area (Å²) >= 11 is 3.48. The van der Waals surface area contributed by atoms with Crippen molar-refractivity contribution in [3.05, 3.63) is 33.8 Å². The van der Waals surface area contributed by atoms with Crippen LogP contribution in [-0.4, -0.2) is 7.11 Å². The third kappa shape index (κ3) is 2.32. The van der Waals surface area contributed by atoms with E-state index in [2.05, 4.69) is 54.9 Å². The van der Waals surface area contributed by atoms with Gasteiger partial charge in [0.1, 0.15) is 0 Å². The standard InChI is InChI=1S/C11H15BrO/c1-8-7-9(5-6-10(8)12)11(2,3)13-4/h5-7H,1-4H3.